The van der Waals surface area contributed by atoms with Gasteiger partial charge in [-0.1, -0.05) is 35.9 Å². The van der Waals surface area contributed by atoms with Crippen molar-refractivity contribution < 1.29 is 9.53 Å². The van der Waals surface area contributed by atoms with E-state index in [1.54, 1.807) is 0 Å². The lowest BCUT2D eigenvalue weighted by Crippen LogP contribution is -2.46. The van der Waals surface area contributed by atoms with Gasteiger partial charge < -0.3 is 19.5 Å². The largest absolute Gasteiger partial charge is 0.492 e. The number of hydrogen-bond acceptors (Lipinski definition) is 3. The maximum atomic E-state index is 13.6. The number of rotatable bonds is 3. The zero-order valence-electron chi connectivity index (χ0n) is 18.1. The first-order valence-electron chi connectivity index (χ1n) is 11.6. The fourth-order valence-corrected chi connectivity index (χ4v) is 5.95. The van der Waals surface area contributed by atoms with Gasteiger partial charge in [0.05, 0.1) is 17.7 Å². The van der Waals surface area contributed by atoms with Crippen LogP contribution >= 0.6 is 11.6 Å². The molecule has 2 fully saturated rings. The van der Waals surface area contributed by atoms with Gasteiger partial charge in [-0.05, 0) is 56.5 Å². The predicted octanol–water partition coefficient (Wildman–Crippen LogP) is 4.47. The zero-order chi connectivity index (χ0) is 21.7. The minimum atomic E-state index is 0.0460. The van der Waals surface area contributed by atoms with Gasteiger partial charge in [0.2, 0.25) is 0 Å². The number of fused-ring (bicyclic) bond motifs is 3. The van der Waals surface area contributed by atoms with E-state index >= 15 is 0 Å². The van der Waals surface area contributed by atoms with Crippen molar-refractivity contribution in [1.29, 1.82) is 0 Å². The third-order valence-electron chi connectivity index (χ3n) is 7.66. The standard InChI is InChI=1S/C26H28ClN3O2/c27-19-5-6-20-21(16-30(23(20)13-19)15-18-7-10-28-14-18)25(31)29-11-8-26(9-12-29)17-32-24-4-2-1-3-22(24)26/h1-6,13,16,18,28H,7-12,14-15,17H2. The number of aromatic nitrogens is 1. The Balaban J connectivity index is 1.26. The molecule has 3 aliphatic rings. The van der Waals surface area contributed by atoms with Crippen molar-refractivity contribution in [3.63, 3.8) is 0 Å². The average molecular weight is 450 g/mol. The number of carbonyl (C=O) groups is 1. The molecule has 166 valence electrons. The zero-order valence-corrected chi connectivity index (χ0v) is 18.9. The lowest BCUT2D eigenvalue weighted by atomic mass is 9.74. The minimum Gasteiger partial charge on any atom is -0.492 e. The van der Waals surface area contributed by atoms with Crippen LogP contribution in [0.5, 0.6) is 5.75 Å². The molecule has 1 unspecified atom stereocenters. The van der Waals surface area contributed by atoms with E-state index < -0.39 is 0 Å². The number of nitrogens with zero attached hydrogens (tertiary/aromatic N) is 2. The van der Waals surface area contributed by atoms with Crippen LogP contribution < -0.4 is 10.1 Å². The Kier molecular flexibility index (Phi) is 4.92. The maximum absolute atomic E-state index is 13.6. The molecule has 1 amide bonds. The number of ether oxygens (including phenoxy) is 1. The molecule has 1 spiro atoms. The molecule has 3 aromatic rings. The van der Waals surface area contributed by atoms with E-state index in [2.05, 4.69) is 34.3 Å². The molecule has 4 heterocycles. The quantitative estimate of drug-likeness (QED) is 0.641. The monoisotopic (exact) mass is 449 g/mol. The number of nitrogens with one attached hydrogen (secondary N) is 1. The van der Waals surface area contributed by atoms with Gasteiger partial charge in [0.1, 0.15) is 5.75 Å². The molecule has 6 rings (SSSR count). The van der Waals surface area contributed by atoms with Crippen molar-refractivity contribution >= 4 is 28.4 Å². The second-order valence-corrected chi connectivity index (χ2v) is 10.0. The lowest BCUT2D eigenvalue weighted by molar-refractivity contribution is 0.0648. The van der Waals surface area contributed by atoms with Crippen LogP contribution in [0.15, 0.2) is 48.7 Å². The lowest BCUT2D eigenvalue weighted by Gasteiger charge is -2.38. The molecule has 0 radical (unpaired) electrons. The van der Waals surface area contributed by atoms with E-state index in [0.29, 0.717) is 10.9 Å². The Morgan fingerprint density at radius 2 is 2.03 bits per heavy atom. The normalized spacial score (nSPS) is 21.8. The van der Waals surface area contributed by atoms with E-state index in [1.165, 1.54) is 12.0 Å². The summed E-state index contributed by atoms with van der Waals surface area (Å²) in [4.78, 5) is 15.7. The molecule has 0 saturated carbocycles. The summed E-state index contributed by atoms with van der Waals surface area (Å²) in [5.74, 6) is 1.72. The van der Waals surface area contributed by atoms with Crippen molar-refractivity contribution in [2.45, 2.75) is 31.2 Å². The maximum Gasteiger partial charge on any atom is 0.256 e. The van der Waals surface area contributed by atoms with Crippen molar-refractivity contribution in [2.24, 2.45) is 5.92 Å². The number of hydrogen-bond donors (Lipinski definition) is 1. The number of halogens is 1. The highest BCUT2D eigenvalue weighted by Crippen LogP contribution is 2.45. The SMILES string of the molecule is O=C(c1cn(CC2CCNC2)c2cc(Cl)ccc12)N1CCC2(CC1)COc1ccccc12. The Morgan fingerprint density at radius 1 is 1.19 bits per heavy atom. The van der Waals surface area contributed by atoms with Crippen LogP contribution in [0.2, 0.25) is 5.02 Å². The van der Waals surface area contributed by atoms with Gasteiger partial charge in [-0.25, -0.2) is 0 Å². The molecule has 0 bridgehead atoms. The van der Waals surface area contributed by atoms with Gasteiger partial charge in [-0.3, -0.25) is 4.79 Å². The average Bonchev–Trinajstić information content (AvgIpc) is 3.54. The number of para-hydroxylation sites is 1. The number of carbonyl (C=O) groups excluding carboxylic acids is 1. The molecule has 2 saturated heterocycles. The minimum absolute atomic E-state index is 0.0460. The second-order valence-electron chi connectivity index (χ2n) is 9.57. The summed E-state index contributed by atoms with van der Waals surface area (Å²) in [7, 11) is 0. The van der Waals surface area contributed by atoms with Gasteiger partial charge in [-0.15, -0.1) is 0 Å². The summed E-state index contributed by atoms with van der Waals surface area (Å²) < 4.78 is 8.22. The molecular formula is C26H28ClN3O2. The van der Waals surface area contributed by atoms with E-state index in [1.807, 2.05) is 29.2 Å². The third kappa shape index (κ3) is 3.30. The summed E-state index contributed by atoms with van der Waals surface area (Å²) in [5.41, 5.74) is 3.20. The molecule has 0 aliphatic carbocycles. The Labute approximate surface area is 193 Å². The molecule has 32 heavy (non-hydrogen) atoms. The van der Waals surface area contributed by atoms with Crippen LogP contribution in [-0.2, 0) is 12.0 Å². The van der Waals surface area contributed by atoms with E-state index in [4.69, 9.17) is 16.3 Å². The molecule has 1 aromatic heterocycles. The van der Waals surface area contributed by atoms with Gasteiger partial charge >= 0.3 is 0 Å². The topological polar surface area (TPSA) is 46.5 Å². The highest BCUT2D eigenvalue weighted by atomic mass is 35.5. The van der Waals surface area contributed by atoms with Crippen LogP contribution in [-0.4, -0.2) is 48.2 Å². The van der Waals surface area contributed by atoms with E-state index in [9.17, 15) is 4.79 Å². The molecule has 3 aliphatic heterocycles. The Bertz CT molecular complexity index is 1170. The van der Waals surface area contributed by atoms with E-state index in [-0.39, 0.29) is 11.3 Å². The highest BCUT2D eigenvalue weighted by Gasteiger charge is 2.43. The van der Waals surface area contributed by atoms with Crippen LogP contribution in [0, 0.1) is 5.92 Å². The first kappa shape index (κ1) is 20.1. The molecular weight excluding hydrogens is 422 g/mol. The summed E-state index contributed by atoms with van der Waals surface area (Å²) in [6.45, 7) is 5.24. The van der Waals surface area contributed by atoms with Crippen molar-refractivity contribution in [3.8, 4) is 5.75 Å². The van der Waals surface area contributed by atoms with Crippen LogP contribution in [0.1, 0.15) is 35.2 Å². The second kappa shape index (κ2) is 7.82. The fraction of sp³-hybridized carbons (Fsp3) is 0.423. The van der Waals surface area contributed by atoms with Gasteiger partial charge in [0.25, 0.3) is 5.91 Å². The molecule has 6 heteroatoms. The van der Waals surface area contributed by atoms with E-state index in [0.717, 1.165) is 74.4 Å². The molecule has 1 atom stereocenters. The molecule has 5 nitrogen and oxygen atoms in total. The van der Waals surface area contributed by atoms with Crippen LogP contribution in [0.3, 0.4) is 0 Å². The summed E-state index contributed by atoms with van der Waals surface area (Å²) >= 11 is 6.32. The number of piperidine rings is 1. The Hall–Kier alpha value is -2.50. The third-order valence-corrected chi connectivity index (χ3v) is 7.90. The number of amides is 1. The highest BCUT2D eigenvalue weighted by molar-refractivity contribution is 6.31. The Morgan fingerprint density at radius 3 is 2.84 bits per heavy atom. The summed E-state index contributed by atoms with van der Waals surface area (Å²) in [6, 6.07) is 14.2. The van der Waals surface area contributed by atoms with Crippen LogP contribution in [0.25, 0.3) is 10.9 Å². The first-order valence-corrected chi connectivity index (χ1v) is 12.0. The smallest absolute Gasteiger partial charge is 0.256 e. The predicted molar refractivity (Wildman–Crippen MR) is 127 cm³/mol. The first-order chi connectivity index (χ1) is 15.6. The number of benzene rings is 2. The van der Waals surface area contributed by atoms with Gasteiger partial charge in [0.15, 0.2) is 0 Å². The van der Waals surface area contributed by atoms with Gasteiger partial charge in [-0.2, -0.15) is 0 Å². The van der Waals surface area contributed by atoms with Crippen molar-refractivity contribution in [1.82, 2.24) is 14.8 Å². The summed E-state index contributed by atoms with van der Waals surface area (Å²) in [6.07, 6.45) is 5.10. The van der Waals surface area contributed by atoms with Crippen molar-refractivity contribution in [3.05, 3.63) is 64.8 Å². The summed E-state index contributed by atoms with van der Waals surface area (Å²) in [5, 5.41) is 5.15. The van der Waals surface area contributed by atoms with Crippen LogP contribution in [0.4, 0.5) is 0 Å². The van der Waals surface area contributed by atoms with Gasteiger partial charge in [0, 0.05) is 47.2 Å². The fourth-order valence-electron chi connectivity index (χ4n) is 5.78. The molecule has 1 N–H and O–H groups in total. The number of likely N-dealkylation sites (tertiary alicyclic amines) is 1. The van der Waals surface area contributed by atoms with Crippen molar-refractivity contribution in [2.75, 3.05) is 32.8 Å². The molecule has 2 aromatic carbocycles.